The minimum Gasteiger partial charge on any atom is -0.493 e. The van der Waals surface area contributed by atoms with Gasteiger partial charge in [-0.3, -0.25) is 9.89 Å². The lowest BCUT2D eigenvalue weighted by Crippen LogP contribution is -2.31. The summed E-state index contributed by atoms with van der Waals surface area (Å²) in [5.41, 5.74) is 6.93. The van der Waals surface area contributed by atoms with Gasteiger partial charge in [-0.2, -0.15) is 0 Å². The lowest BCUT2D eigenvalue weighted by Gasteiger charge is -2.25. The van der Waals surface area contributed by atoms with Crippen LogP contribution in [0.15, 0.2) is 71.4 Å². The lowest BCUT2D eigenvalue weighted by atomic mass is 9.93. The molecule has 43 heavy (non-hydrogen) atoms. The molecule has 2 heterocycles. The largest absolute Gasteiger partial charge is 0.493 e. The standard InChI is InChI=1S/C30H44N2O.C5H12.C3H6.C2H6/c1-6-9-11-24(10-7-2)21-32-22-27(25-12-15-30-26(18-25)16-17-33-30)19-29(32)14-13-28(8-3)31-20-23(4)5;1-3-5-4-2;1-3-2;1-2/h9-12,15,18,20,27,29H,6-8,13-14,16-17,19,21-22H2,1-5H3;3-5H2,1-2H3;3H,1H2,2H3;1-2H3/b11-9-,24-10+,31-28?;;;. The highest BCUT2D eigenvalue weighted by atomic mass is 16.5. The molecule has 0 spiro atoms. The van der Waals surface area contributed by atoms with E-state index < -0.39 is 0 Å². The van der Waals surface area contributed by atoms with Gasteiger partial charge in [0.1, 0.15) is 5.75 Å². The topological polar surface area (TPSA) is 24.8 Å². The predicted molar refractivity (Wildman–Crippen MR) is 195 cm³/mol. The van der Waals surface area contributed by atoms with Gasteiger partial charge in [0.15, 0.2) is 0 Å². The van der Waals surface area contributed by atoms with Gasteiger partial charge in [-0.15, -0.1) is 6.58 Å². The van der Waals surface area contributed by atoms with E-state index in [1.165, 1.54) is 60.1 Å². The summed E-state index contributed by atoms with van der Waals surface area (Å²) in [4.78, 5) is 7.51. The average Bonchev–Trinajstić information content (AvgIpc) is 3.65. The quantitative estimate of drug-likeness (QED) is 0.129. The normalized spacial score (nSPS) is 17.9. The van der Waals surface area contributed by atoms with Gasteiger partial charge in [0.05, 0.1) is 6.61 Å². The fraction of sp³-hybridized carbons (Fsp3) is 0.625. The molecule has 2 aliphatic rings. The van der Waals surface area contributed by atoms with Crippen LogP contribution in [0.3, 0.4) is 0 Å². The van der Waals surface area contributed by atoms with Crippen LogP contribution < -0.4 is 4.74 Å². The van der Waals surface area contributed by atoms with E-state index in [-0.39, 0.29) is 0 Å². The summed E-state index contributed by atoms with van der Waals surface area (Å²) in [5.74, 6) is 1.69. The molecule has 2 aliphatic heterocycles. The van der Waals surface area contributed by atoms with Crippen LogP contribution >= 0.6 is 0 Å². The van der Waals surface area contributed by atoms with Crippen LogP contribution in [0.5, 0.6) is 5.75 Å². The van der Waals surface area contributed by atoms with Gasteiger partial charge in [-0.25, -0.2) is 0 Å². The molecule has 1 fully saturated rings. The summed E-state index contributed by atoms with van der Waals surface area (Å²) >= 11 is 0. The van der Waals surface area contributed by atoms with E-state index in [2.05, 4.69) is 96.4 Å². The molecule has 2 atom stereocenters. The molecule has 0 aromatic heterocycles. The van der Waals surface area contributed by atoms with Crippen molar-refractivity contribution < 1.29 is 4.74 Å². The van der Waals surface area contributed by atoms with Crippen molar-refractivity contribution in [3.8, 4) is 5.75 Å². The first-order valence-corrected chi connectivity index (χ1v) is 17.5. The Kier molecular flexibility index (Phi) is 24.6. The molecule has 0 amide bonds. The molecule has 3 heteroatoms. The fourth-order valence-corrected chi connectivity index (χ4v) is 5.37. The maximum Gasteiger partial charge on any atom is 0.122 e. The van der Waals surface area contributed by atoms with E-state index in [4.69, 9.17) is 9.73 Å². The second-order valence-corrected chi connectivity index (χ2v) is 11.5. The Morgan fingerprint density at radius 1 is 1.07 bits per heavy atom. The number of allylic oxidation sites excluding steroid dienone is 4. The summed E-state index contributed by atoms with van der Waals surface area (Å²) < 4.78 is 5.75. The number of ether oxygens (including phenoxy) is 1. The maximum atomic E-state index is 5.75. The first-order chi connectivity index (χ1) is 20.9. The smallest absolute Gasteiger partial charge is 0.122 e. The monoisotopic (exact) mass is 593 g/mol. The molecule has 2 unspecified atom stereocenters. The van der Waals surface area contributed by atoms with Crippen LogP contribution in [-0.4, -0.2) is 36.3 Å². The molecule has 3 rings (SSSR count). The van der Waals surface area contributed by atoms with Gasteiger partial charge in [0.2, 0.25) is 0 Å². The second kappa shape index (κ2) is 26.1. The highest BCUT2D eigenvalue weighted by Crippen LogP contribution is 2.37. The number of hydrogen-bond acceptors (Lipinski definition) is 3. The Hall–Kier alpha value is -2.39. The van der Waals surface area contributed by atoms with Crippen molar-refractivity contribution in [3.05, 3.63) is 77.6 Å². The summed E-state index contributed by atoms with van der Waals surface area (Å²) in [6.45, 7) is 27.6. The summed E-state index contributed by atoms with van der Waals surface area (Å²) in [5, 5.41) is 0. The Bertz CT molecular complexity index is 978. The third kappa shape index (κ3) is 16.9. The van der Waals surface area contributed by atoms with E-state index in [0.717, 1.165) is 57.6 Å². The van der Waals surface area contributed by atoms with Gasteiger partial charge < -0.3 is 4.74 Å². The number of likely N-dealkylation sites (tertiary alicyclic amines) is 1. The number of nitrogens with zero attached hydrogens (tertiary/aromatic N) is 2. The third-order valence-electron chi connectivity index (χ3n) is 7.52. The second-order valence-electron chi connectivity index (χ2n) is 11.5. The minimum atomic E-state index is 0.596. The summed E-state index contributed by atoms with van der Waals surface area (Å²) in [6, 6.07) is 7.52. The Balaban J connectivity index is 0.00000155. The van der Waals surface area contributed by atoms with E-state index >= 15 is 0 Å². The lowest BCUT2D eigenvalue weighted by molar-refractivity contribution is 0.266. The SMILES string of the molecule is C=CC.CC.CC/C=C\C(=C/CC)CN1CC(c2ccc3c(c2)CCO3)CC1CCC(CC)=NC=C(C)C.CCCCC. The fourth-order valence-electron chi connectivity index (χ4n) is 5.37. The molecular weight excluding hydrogens is 524 g/mol. The van der Waals surface area contributed by atoms with Gasteiger partial charge in [-0.1, -0.05) is 110 Å². The van der Waals surface area contributed by atoms with Crippen molar-refractivity contribution in [1.29, 1.82) is 0 Å². The Morgan fingerprint density at radius 3 is 2.33 bits per heavy atom. The van der Waals surface area contributed by atoms with Crippen LogP contribution in [-0.2, 0) is 6.42 Å². The van der Waals surface area contributed by atoms with Crippen LogP contribution in [0, 0.1) is 0 Å². The third-order valence-corrected chi connectivity index (χ3v) is 7.52. The first kappa shape index (κ1) is 40.6. The van der Waals surface area contributed by atoms with Crippen LogP contribution in [0.1, 0.15) is 144 Å². The van der Waals surface area contributed by atoms with Gasteiger partial charge >= 0.3 is 0 Å². The van der Waals surface area contributed by atoms with Crippen molar-refractivity contribution in [2.24, 2.45) is 4.99 Å². The molecule has 1 aromatic rings. The zero-order valence-corrected chi connectivity index (χ0v) is 30.0. The molecule has 1 saturated heterocycles. The minimum absolute atomic E-state index is 0.596. The van der Waals surface area contributed by atoms with Crippen LogP contribution in [0.2, 0.25) is 0 Å². The molecule has 3 nitrogen and oxygen atoms in total. The number of rotatable bonds is 13. The molecule has 0 aliphatic carbocycles. The Morgan fingerprint density at radius 2 is 1.77 bits per heavy atom. The Labute approximate surface area is 268 Å². The highest BCUT2D eigenvalue weighted by molar-refractivity contribution is 5.84. The summed E-state index contributed by atoms with van der Waals surface area (Å²) in [7, 11) is 0. The van der Waals surface area contributed by atoms with Crippen molar-refractivity contribution in [2.75, 3.05) is 19.7 Å². The van der Waals surface area contributed by atoms with E-state index in [1.807, 2.05) is 27.0 Å². The first-order valence-electron chi connectivity index (χ1n) is 17.5. The van der Waals surface area contributed by atoms with Crippen molar-refractivity contribution in [3.63, 3.8) is 0 Å². The zero-order chi connectivity index (χ0) is 32.5. The molecule has 0 saturated carbocycles. The maximum absolute atomic E-state index is 5.75. The number of aliphatic imine (C=N–C) groups is 1. The van der Waals surface area contributed by atoms with E-state index in [1.54, 1.807) is 6.08 Å². The highest BCUT2D eigenvalue weighted by Gasteiger charge is 2.33. The van der Waals surface area contributed by atoms with Crippen molar-refractivity contribution in [1.82, 2.24) is 4.90 Å². The number of fused-ring (bicyclic) bond motifs is 1. The van der Waals surface area contributed by atoms with Gasteiger partial charge in [0.25, 0.3) is 0 Å². The zero-order valence-electron chi connectivity index (χ0n) is 30.0. The van der Waals surface area contributed by atoms with E-state index in [0.29, 0.717) is 12.0 Å². The van der Waals surface area contributed by atoms with Gasteiger partial charge in [0, 0.05) is 37.5 Å². The number of benzene rings is 1. The van der Waals surface area contributed by atoms with Crippen LogP contribution in [0.25, 0.3) is 0 Å². The number of unbranched alkanes of at least 4 members (excludes halogenated alkanes) is 2. The van der Waals surface area contributed by atoms with Crippen LogP contribution in [0.4, 0.5) is 0 Å². The molecular formula is C40H68N2O. The van der Waals surface area contributed by atoms with Crippen molar-refractivity contribution >= 4 is 5.71 Å². The van der Waals surface area contributed by atoms with Gasteiger partial charge in [-0.05, 0) is 88.0 Å². The molecule has 244 valence electrons. The van der Waals surface area contributed by atoms with Crippen molar-refractivity contribution in [2.45, 2.75) is 145 Å². The molecule has 0 radical (unpaired) electrons. The molecule has 1 aromatic carbocycles. The number of hydrogen-bond donors (Lipinski definition) is 0. The predicted octanol–water partition coefficient (Wildman–Crippen LogP) is 12.1. The average molecular weight is 593 g/mol. The summed E-state index contributed by atoms with van der Waals surface area (Å²) in [6.07, 6.45) is 22.7. The molecule has 0 N–H and O–H groups in total. The molecule has 0 bridgehead atoms. The van der Waals surface area contributed by atoms with E-state index in [9.17, 15) is 0 Å².